The van der Waals surface area contributed by atoms with Crippen molar-refractivity contribution >= 4 is 12.1 Å². The monoisotopic (exact) mass is 399 g/mol. The molecule has 4 rings (SSSR count). The van der Waals surface area contributed by atoms with Gasteiger partial charge in [-0.05, 0) is 30.0 Å². The molecule has 9 nitrogen and oxygen atoms in total. The molecule has 1 atom stereocenters. The van der Waals surface area contributed by atoms with E-state index >= 15 is 0 Å². The molecule has 1 fully saturated rings. The fourth-order valence-corrected chi connectivity index (χ4v) is 3.80. The lowest BCUT2D eigenvalue weighted by molar-refractivity contribution is 0.0595. The number of benzene rings is 1. The van der Waals surface area contributed by atoms with Crippen molar-refractivity contribution in [1.29, 1.82) is 0 Å². The standard InChI is InChI=1S/C20H25N5O4/c1-3-17-23-18(24-29-17)14-4-6-15-13(8-14)5-7-16(15)22-20(27)28-11-12-9-25(10-12)19(26)21-2/h4,6,8,12,16H,3,5,7,9-11H2,1-2H3,(H,21,26)(H,22,27)/t16-/m1/s1. The van der Waals surface area contributed by atoms with Gasteiger partial charge in [-0.2, -0.15) is 4.98 Å². The first-order chi connectivity index (χ1) is 14.1. The molecule has 9 heteroatoms. The Bertz CT molecular complexity index is 906. The summed E-state index contributed by atoms with van der Waals surface area (Å²) in [6.45, 7) is 3.50. The number of hydrogen-bond acceptors (Lipinski definition) is 6. The van der Waals surface area contributed by atoms with Crippen LogP contribution in [0.1, 0.15) is 36.4 Å². The van der Waals surface area contributed by atoms with E-state index in [-0.39, 0.29) is 18.0 Å². The molecule has 1 aliphatic carbocycles. The van der Waals surface area contributed by atoms with Gasteiger partial charge in [-0.3, -0.25) is 0 Å². The molecule has 0 bridgehead atoms. The molecule has 2 aliphatic rings. The van der Waals surface area contributed by atoms with Gasteiger partial charge in [0.15, 0.2) is 0 Å². The van der Waals surface area contributed by atoms with Gasteiger partial charge in [0.25, 0.3) is 0 Å². The number of fused-ring (bicyclic) bond motifs is 1. The minimum absolute atomic E-state index is 0.0632. The molecule has 3 amide bonds. The summed E-state index contributed by atoms with van der Waals surface area (Å²) in [6, 6.07) is 5.87. The number of alkyl carbamates (subject to hydrolysis) is 1. The van der Waals surface area contributed by atoms with Crippen LogP contribution in [0.2, 0.25) is 0 Å². The molecule has 1 aromatic heterocycles. The molecule has 2 aromatic rings. The lowest BCUT2D eigenvalue weighted by Crippen LogP contribution is -2.54. The number of hydrogen-bond donors (Lipinski definition) is 2. The Morgan fingerprint density at radius 2 is 2.17 bits per heavy atom. The van der Waals surface area contributed by atoms with Crippen LogP contribution in [0, 0.1) is 5.92 Å². The first-order valence-electron chi connectivity index (χ1n) is 9.93. The van der Waals surface area contributed by atoms with Gasteiger partial charge < -0.3 is 24.8 Å². The summed E-state index contributed by atoms with van der Waals surface area (Å²) in [4.78, 5) is 29.7. The maximum atomic E-state index is 12.2. The average Bonchev–Trinajstić information content (AvgIpc) is 3.33. The Morgan fingerprint density at radius 3 is 2.90 bits per heavy atom. The summed E-state index contributed by atoms with van der Waals surface area (Å²) in [5.74, 6) is 1.40. The summed E-state index contributed by atoms with van der Waals surface area (Å²) in [6.07, 6.45) is 1.98. The number of carbonyl (C=O) groups excluding carboxylic acids is 2. The van der Waals surface area contributed by atoms with Crippen LogP contribution in [-0.2, 0) is 17.6 Å². The molecule has 2 N–H and O–H groups in total. The van der Waals surface area contributed by atoms with E-state index in [2.05, 4.69) is 26.8 Å². The third-order valence-corrected chi connectivity index (χ3v) is 5.45. The van der Waals surface area contributed by atoms with Crippen molar-refractivity contribution in [3.8, 4) is 11.4 Å². The fraction of sp³-hybridized carbons (Fsp3) is 0.500. The number of nitrogens with zero attached hydrogens (tertiary/aromatic N) is 3. The second-order valence-electron chi connectivity index (χ2n) is 7.44. The first kappa shape index (κ1) is 19.2. The lowest BCUT2D eigenvalue weighted by atomic mass is 10.0. The van der Waals surface area contributed by atoms with E-state index in [1.54, 1.807) is 11.9 Å². The second kappa shape index (κ2) is 8.10. The first-order valence-corrected chi connectivity index (χ1v) is 9.93. The van der Waals surface area contributed by atoms with Gasteiger partial charge in [0, 0.05) is 38.0 Å². The van der Waals surface area contributed by atoms with Crippen molar-refractivity contribution in [3.05, 3.63) is 35.2 Å². The molecule has 0 saturated carbocycles. The van der Waals surface area contributed by atoms with E-state index in [1.807, 2.05) is 19.1 Å². The number of rotatable bonds is 5. The average molecular weight is 399 g/mol. The van der Waals surface area contributed by atoms with E-state index in [4.69, 9.17) is 9.26 Å². The van der Waals surface area contributed by atoms with Gasteiger partial charge in [0.1, 0.15) is 0 Å². The van der Waals surface area contributed by atoms with Gasteiger partial charge in [0.2, 0.25) is 11.7 Å². The maximum absolute atomic E-state index is 12.2. The van der Waals surface area contributed by atoms with Crippen LogP contribution in [0.25, 0.3) is 11.4 Å². The maximum Gasteiger partial charge on any atom is 0.407 e. The SMILES string of the molecule is CCc1nc(-c2ccc3c(c2)CC[C@H]3NC(=O)OCC2CN(C(=O)NC)C2)no1. The van der Waals surface area contributed by atoms with Crippen LogP contribution < -0.4 is 10.6 Å². The number of amides is 3. The zero-order chi connectivity index (χ0) is 20.4. The molecule has 0 spiro atoms. The van der Waals surface area contributed by atoms with Crippen LogP contribution in [-0.4, -0.2) is 53.9 Å². The summed E-state index contributed by atoms with van der Waals surface area (Å²) < 4.78 is 10.5. The van der Waals surface area contributed by atoms with Gasteiger partial charge in [-0.1, -0.05) is 24.2 Å². The molecular weight excluding hydrogens is 374 g/mol. The van der Waals surface area contributed by atoms with Crippen LogP contribution in [0.4, 0.5) is 9.59 Å². The molecule has 1 saturated heterocycles. The zero-order valence-electron chi connectivity index (χ0n) is 16.6. The van der Waals surface area contributed by atoms with E-state index in [1.165, 1.54) is 5.56 Å². The minimum Gasteiger partial charge on any atom is -0.449 e. The molecule has 2 heterocycles. The number of carbonyl (C=O) groups is 2. The zero-order valence-corrected chi connectivity index (χ0v) is 16.6. The molecular formula is C20H25N5O4. The number of ether oxygens (including phenoxy) is 1. The van der Waals surface area contributed by atoms with Gasteiger partial charge >= 0.3 is 12.1 Å². The number of aromatic nitrogens is 2. The van der Waals surface area contributed by atoms with Crippen molar-refractivity contribution < 1.29 is 18.8 Å². The van der Waals surface area contributed by atoms with Crippen molar-refractivity contribution in [1.82, 2.24) is 25.7 Å². The predicted molar refractivity (Wildman–Crippen MR) is 104 cm³/mol. The third-order valence-electron chi connectivity index (χ3n) is 5.45. The minimum atomic E-state index is -0.420. The van der Waals surface area contributed by atoms with E-state index in [0.717, 1.165) is 24.0 Å². The second-order valence-corrected chi connectivity index (χ2v) is 7.44. The highest BCUT2D eigenvalue weighted by molar-refractivity contribution is 5.74. The molecule has 0 unspecified atom stereocenters. The molecule has 1 aliphatic heterocycles. The number of aryl methyl sites for hydroxylation is 2. The molecule has 1 aromatic carbocycles. The van der Waals surface area contributed by atoms with Crippen molar-refractivity contribution in [2.45, 2.75) is 32.2 Å². The van der Waals surface area contributed by atoms with E-state index in [9.17, 15) is 9.59 Å². The normalized spacial score (nSPS) is 18.1. The van der Waals surface area contributed by atoms with Crippen molar-refractivity contribution in [2.24, 2.45) is 5.92 Å². The quantitative estimate of drug-likeness (QED) is 0.798. The molecule has 29 heavy (non-hydrogen) atoms. The van der Waals surface area contributed by atoms with Crippen molar-refractivity contribution in [2.75, 3.05) is 26.7 Å². The van der Waals surface area contributed by atoms with Gasteiger partial charge in [0.05, 0.1) is 12.6 Å². The summed E-state index contributed by atoms with van der Waals surface area (Å²) in [7, 11) is 1.60. The van der Waals surface area contributed by atoms with E-state index in [0.29, 0.717) is 37.8 Å². The molecule has 0 radical (unpaired) electrons. The molecule has 154 valence electrons. The van der Waals surface area contributed by atoms with Gasteiger partial charge in [-0.25, -0.2) is 9.59 Å². The van der Waals surface area contributed by atoms with Crippen LogP contribution in [0.15, 0.2) is 22.7 Å². The Kier molecular flexibility index (Phi) is 5.37. The van der Waals surface area contributed by atoms with Crippen molar-refractivity contribution in [3.63, 3.8) is 0 Å². The Balaban J connectivity index is 1.29. The Labute approximate surface area is 168 Å². The topological polar surface area (TPSA) is 110 Å². The summed E-state index contributed by atoms with van der Waals surface area (Å²) in [5, 5.41) is 9.56. The summed E-state index contributed by atoms with van der Waals surface area (Å²) >= 11 is 0. The number of urea groups is 1. The lowest BCUT2D eigenvalue weighted by Gasteiger charge is -2.38. The highest BCUT2D eigenvalue weighted by Crippen LogP contribution is 2.33. The number of likely N-dealkylation sites (tertiary alicyclic amines) is 1. The van der Waals surface area contributed by atoms with E-state index < -0.39 is 6.09 Å². The fourth-order valence-electron chi connectivity index (χ4n) is 3.80. The van der Waals surface area contributed by atoms with Crippen LogP contribution in [0.5, 0.6) is 0 Å². The largest absolute Gasteiger partial charge is 0.449 e. The predicted octanol–water partition coefficient (Wildman–Crippen LogP) is 2.28. The summed E-state index contributed by atoms with van der Waals surface area (Å²) in [5.41, 5.74) is 3.19. The highest BCUT2D eigenvalue weighted by Gasteiger charge is 2.31. The number of nitrogens with one attached hydrogen (secondary N) is 2. The Morgan fingerprint density at radius 1 is 1.34 bits per heavy atom. The smallest absolute Gasteiger partial charge is 0.407 e. The van der Waals surface area contributed by atoms with Crippen LogP contribution in [0.3, 0.4) is 0 Å². The highest BCUT2D eigenvalue weighted by atomic mass is 16.5. The van der Waals surface area contributed by atoms with Crippen LogP contribution >= 0.6 is 0 Å². The Hall–Kier alpha value is -3.10. The van der Waals surface area contributed by atoms with Gasteiger partial charge in [-0.15, -0.1) is 0 Å². The third kappa shape index (κ3) is 4.03.